The van der Waals surface area contributed by atoms with E-state index in [9.17, 15) is 14.0 Å². The molecule has 1 saturated heterocycles. The van der Waals surface area contributed by atoms with Gasteiger partial charge in [0.2, 0.25) is 11.8 Å². The van der Waals surface area contributed by atoms with Crippen LogP contribution in [0.15, 0.2) is 29.3 Å². The highest BCUT2D eigenvalue weighted by Gasteiger charge is 2.37. The zero-order valence-electron chi connectivity index (χ0n) is 12.2. The number of carbonyl (C=O) groups excluding carboxylic acids is 2. The van der Waals surface area contributed by atoms with E-state index in [1.165, 1.54) is 23.2 Å². The van der Waals surface area contributed by atoms with E-state index < -0.39 is 17.7 Å². The van der Waals surface area contributed by atoms with Gasteiger partial charge in [-0.3, -0.25) is 19.5 Å². The van der Waals surface area contributed by atoms with Gasteiger partial charge in [-0.15, -0.1) is 0 Å². The lowest BCUT2D eigenvalue weighted by molar-refractivity contribution is -0.138. The minimum Gasteiger partial charge on any atom is -0.396 e. The second-order valence-corrected chi connectivity index (χ2v) is 5.34. The molecule has 0 unspecified atom stereocenters. The molecule has 1 aliphatic heterocycles. The molecule has 1 fully saturated rings. The Bertz CT molecular complexity index is 633. The van der Waals surface area contributed by atoms with Crippen LogP contribution in [-0.2, 0) is 16.1 Å². The highest BCUT2D eigenvalue weighted by molar-refractivity contribution is 7.80. The molecular formula is C15H16FN3O3S. The van der Waals surface area contributed by atoms with Crippen LogP contribution in [0, 0.1) is 11.7 Å². The summed E-state index contributed by atoms with van der Waals surface area (Å²) in [6.07, 6.45) is 1.73. The standard InChI is InChI=1S/C15H16FN3O3S/c16-11-4-2-10(3-5-11)9-19-14(22)12(8-17-6-1-7-20)13(21)18-15(19)23/h2-5,8,12,20H,1,6-7,9H2,(H,18,21,23)/t12-/m1/s1. The Labute approximate surface area is 138 Å². The second kappa shape index (κ2) is 7.89. The van der Waals surface area contributed by atoms with Crippen molar-refractivity contribution >= 4 is 35.4 Å². The Morgan fingerprint density at radius 2 is 2.04 bits per heavy atom. The monoisotopic (exact) mass is 337 g/mol. The SMILES string of the molecule is O=C1NC(=S)N(Cc2ccc(F)cc2)C(=O)[C@@H]1C=NCCCO. The highest BCUT2D eigenvalue weighted by Crippen LogP contribution is 2.14. The number of thiocarbonyl (C=S) groups is 1. The summed E-state index contributed by atoms with van der Waals surface area (Å²) in [5.41, 5.74) is 0.689. The van der Waals surface area contributed by atoms with Crippen LogP contribution in [0.2, 0.25) is 0 Å². The number of aliphatic hydroxyl groups is 1. The molecule has 0 saturated carbocycles. The van der Waals surface area contributed by atoms with Crippen molar-refractivity contribution in [1.29, 1.82) is 0 Å². The van der Waals surface area contributed by atoms with Crippen LogP contribution in [0.4, 0.5) is 4.39 Å². The average Bonchev–Trinajstić information content (AvgIpc) is 2.52. The predicted molar refractivity (Wildman–Crippen MR) is 86.2 cm³/mol. The molecule has 2 amide bonds. The first-order valence-electron chi connectivity index (χ1n) is 7.04. The van der Waals surface area contributed by atoms with Gasteiger partial charge in [0.25, 0.3) is 0 Å². The predicted octanol–water partition coefficient (Wildman–Crippen LogP) is 0.638. The summed E-state index contributed by atoms with van der Waals surface area (Å²) in [5.74, 6) is -2.43. The van der Waals surface area contributed by atoms with Crippen molar-refractivity contribution in [2.24, 2.45) is 10.9 Å². The van der Waals surface area contributed by atoms with E-state index in [0.717, 1.165) is 0 Å². The van der Waals surface area contributed by atoms with Gasteiger partial charge in [-0.2, -0.15) is 0 Å². The third kappa shape index (κ3) is 4.40. The molecule has 1 aromatic rings. The maximum atomic E-state index is 12.9. The number of nitrogens with zero attached hydrogens (tertiary/aromatic N) is 2. The van der Waals surface area contributed by atoms with Crippen molar-refractivity contribution in [1.82, 2.24) is 10.2 Å². The van der Waals surface area contributed by atoms with Gasteiger partial charge in [0.1, 0.15) is 5.82 Å². The van der Waals surface area contributed by atoms with Gasteiger partial charge in [0.05, 0.1) is 6.54 Å². The molecule has 6 nitrogen and oxygen atoms in total. The van der Waals surface area contributed by atoms with Crippen LogP contribution in [-0.4, -0.2) is 46.3 Å². The Kier molecular flexibility index (Phi) is 5.89. The Balaban J connectivity index is 2.10. The third-order valence-electron chi connectivity index (χ3n) is 3.24. The number of aliphatic imine (C=N–C) groups is 1. The number of amides is 2. The maximum Gasteiger partial charge on any atom is 0.247 e. The molecule has 23 heavy (non-hydrogen) atoms. The number of aliphatic hydroxyl groups excluding tert-OH is 1. The summed E-state index contributed by atoms with van der Waals surface area (Å²) in [7, 11) is 0. The molecule has 2 N–H and O–H groups in total. The molecule has 0 aromatic heterocycles. The summed E-state index contributed by atoms with van der Waals surface area (Å²) in [5, 5.41) is 11.2. The number of rotatable bonds is 6. The molecule has 0 radical (unpaired) electrons. The van der Waals surface area contributed by atoms with Crippen LogP contribution in [0.1, 0.15) is 12.0 Å². The summed E-state index contributed by atoms with van der Waals surface area (Å²) < 4.78 is 12.9. The van der Waals surface area contributed by atoms with Crippen LogP contribution in [0.3, 0.4) is 0 Å². The fourth-order valence-corrected chi connectivity index (χ4v) is 2.28. The van der Waals surface area contributed by atoms with Crippen LogP contribution in [0.25, 0.3) is 0 Å². The second-order valence-electron chi connectivity index (χ2n) is 4.96. The molecule has 1 aromatic carbocycles. The van der Waals surface area contributed by atoms with Crippen molar-refractivity contribution in [3.63, 3.8) is 0 Å². The van der Waals surface area contributed by atoms with Gasteiger partial charge in [-0.1, -0.05) is 12.1 Å². The van der Waals surface area contributed by atoms with E-state index in [-0.39, 0.29) is 24.1 Å². The van der Waals surface area contributed by atoms with Gasteiger partial charge < -0.3 is 10.4 Å². The molecule has 0 aliphatic carbocycles. The number of nitrogens with one attached hydrogen (secondary N) is 1. The zero-order chi connectivity index (χ0) is 16.8. The largest absolute Gasteiger partial charge is 0.396 e. The maximum absolute atomic E-state index is 12.9. The highest BCUT2D eigenvalue weighted by atomic mass is 32.1. The van der Waals surface area contributed by atoms with Gasteiger partial charge in [0.15, 0.2) is 11.0 Å². The molecule has 0 bridgehead atoms. The fraction of sp³-hybridized carbons (Fsp3) is 0.333. The van der Waals surface area contributed by atoms with E-state index in [0.29, 0.717) is 18.5 Å². The first-order valence-corrected chi connectivity index (χ1v) is 7.45. The van der Waals surface area contributed by atoms with Gasteiger partial charge in [-0.05, 0) is 36.3 Å². The average molecular weight is 337 g/mol. The molecule has 2 rings (SSSR count). The first-order chi connectivity index (χ1) is 11.0. The Hall–Kier alpha value is -2.19. The van der Waals surface area contributed by atoms with Gasteiger partial charge in [0, 0.05) is 19.4 Å². The number of hydrogen-bond donors (Lipinski definition) is 2. The third-order valence-corrected chi connectivity index (χ3v) is 3.57. The summed E-state index contributed by atoms with van der Waals surface area (Å²) >= 11 is 5.03. The zero-order valence-corrected chi connectivity index (χ0v) is 13.1. The van der Waals surface area contributed by atoms with E-state index in [1.54, 1.807) is 12.1 Å². The fourth-order valence-electron chi connectivity index (χ4n) is 2.03. The minimum atomic E-state index is -1.05. The van der Waals surface area contributed by atoms with Crippen molar-refractivity contribution < 1.29 is 19.1 Å². The van der Waals surface area contributed by atoms with Crippen molar-refractivity contribution in [3.05, 3.63) is 35.6 Å². The lowest BCUT2D eigenvalue weighted by Gasteiger charge is -2.31. The normalized spacial score (nSPS) is 18.6. The molecule has 8 heteroatoms. The Morgan fingerprint density at radius 3 is 2.70 bits per heavy atom. The molecular weight excluding hydrogens is 321 g/mol. The quantitative estimate of drug-likeness (QED) is 0.345. The van der Waals surface area contributed by atoms with Crippen molar-refractivity contribution in [2.75, 3.05) is 13.2 Å². The molecule has 1 atom stereocenters. The van der Waals surface area contributed by atoms with E-state index >= 15 is 0 Å². The van der Waals surface area contributed by atoms with Crippen LogP contribution < -0.4 is 5.32 Å². The lowest BCUT2D eigenvalue weighted by Crippen LogP contribution is -2.57. The van der Waals surface area contributed by atoms with E-state index in [2.05, 4.69) is 10.3 Å². The number of benzene rings is 1. The van der Waals surface area contributed by atoms with E-state index in [4.69, 9.17) is 17.3 Å². The minimum absolute atomic E-state index is 0.0110. The summed E-state index contributed by atoms with van der Waals surface area (Å²) in [6.45, 7) is 0.456. The number of hydrogen-bond acceptors (Lipinski definition) is 5. The van der Waals surface area contributed by atoms with Gasteiger partial charge >= 0.3 is 0 Å². The smallest absolute Gasteiger partial charge is 0.247 e. The molecule has 0 spiro atoms. The van der Waals surface area contributed by atoms with Crippen LogP contribution in [0.5, 0.6) is 0 Å². The van der Waals surface area contributed by atoms with E-state index in [1.807, 2.05) is 0 Å². The summed E-state index contributed by atoms with van der Waals surface area (Å²) in [4.78, 5) is 29.6. The van der Waals surface area contributed by atoms with Crippen molar-refractivity contribution in [2.45, 2.75) is 13.0 Å². The number of carbonyl (C=O) groups is 2. The summed E-state index contributed by atoms with van der Waals surface area (Å²) in [6, 6.07) is 5.68. The molecule has 1 heterocycles. The first kappa shape index (κ1) is 17.2. The lowest BCUT2D eigenvalue weighted by atomic mass is 10.1. The molecule has 122 valence electrons. The number of halogens is 1. The Morgan fingerprint density at radius 1 is 1.35 bits per heavy atom. The van der Waals surface area contributed by atoms with Crippen molar-refractivity contribution in [3.8, 4) is 0 Å². The topological polar surface area (TPSA) is 82.0 Å². The molecule has 1 aliphatic rings. The van der Waals surface area contributed by atoms with Gasteiger partial charge in [-0.25, -0.2) is 4.39 Å². The van der Waals surface area contributed by atoms with Crippen LogP contribution >= 0.6 is 12.2 Å².